The largest absolute Gasteiger partial charge is 0.493 e. The van der Waals surface area contributed by atoms with Gasteiger partial charge in [0.15, 0.2) is 6.10 Å². The number of nitrogens with one attached hydrogen (secondary N) is 1. The summed E-state index contributed by atoms with van der Waals surface area (Å²) in [5.74, 6) is -0.611. The Balaban J connectivity index is 1.77. The molecule has 0 aliphatic heterocycles. The zero-order valence-corrected chi connectivity index (χ0v) is 21.4. The minimum Gasteiger partial charge on any atom is -0.493 e. The summed E-state index contributed by atoms with van der Waals surface area (Å²) in [6.07, 6.45) is -0.0938. The lowest BCUT2D eigenvalue weighted by Gasteiger charge is -2.18. The van der Waals surface area contributed by atoms with Crippen LogP contribution in [-0.4, -0.2) is 40.8 Å². The number of nitrogens with zero attached hydrogens (tertiary/aromatic N) is 1. The summed E-state index contributed by atoms with van der Waals surface area (Å²) in [7, 11) is 0. The summed E-state index contributed by atoms with van der Waals surface area (Å²) in [6, 6.07) is 15.3. The van der Waals surface area contributed by atoms with E-state index in [0.717, 1.165) is 33.0 Å². The number of aromatic nitrogens is 1. The molecule has 3 aromatic rings. The molecule has 0 aliphatic carbocycles. The number of benzene rings is 2. The van der Waals surface area contributed by atoms with Gasteiger partial charge in [-0.25, -0.2) is 9.78 Å². The highest BCUT2D eigenvalue weighted by Gasteiger charge is 2.21. The number of carbonyl (C=O) groups excluding carboxylic acids is 1. The van der Waals surface area contributed by atoms with E-state index in [1.54, 1.807) is 0 Å². The average Bonchev–Trinajstić information content (AvgIpc) is 3.23. The van der Waals surface area contributed by atoms with Crippen molar-refractivity contribution in [3.05, 3.63) is 70.2 Å². The van der Waals surface area contributed by atoms with E-state index < -0.39 is 12.1 Å². The van der Waals surface area contributed by atoms with Crippen LogP contribution in [0.2, 0.25) is 0 Å². The lowest BCUT2D eigenvalue weighted by atomic mass is 10.0. The molecular formula is C27H32N2O5S. The minimum atomic E-state index is -1.01. The van der Waals surface area contributed by atoms with Crippen molar-refractivity contribution in [3.63, 3.8) is 0 Å². The van der Waals surface area contributed by atoms with Gasteiger partial charge in [0, 0.05) is 29.0 Å². The van der Waals surface area contributed by atoms with Crippen LogP contribution in [0, 0.1) is 6.92 Å². The number of carbonyl (C=O) groups is 2. The molecule has 0 aliphatic rings. The number of hydrogen-bond acceptors (Lipinski definition) is 6. The third-order valence-electron chi connectivity index (χ3n) is 5.19. The number of thiazole rings is 1. The second-order valence-electron chi connectivity index (χ2n) is 8.48. The summed E-state index contributed by atoms with van der Waals surface area (Å²) in [4.78, 5) is 30.0. The van der Waals surface area contributed by atoms with Crippen molar-refractivity contribution in [3.8, 4) is 16.3 Å². The van der Waals surface area contributed by atoms with Crippen molar-refractivity contribution >= 4 is 23.2 Å². The molecule has 0 spiro atoms. The Labute approximate surface area is 210 Å². The van der Waals surface area contributed by atoms with E-state index in [1.807, 2.05) is 76.2 Å². The molecule has 0 saturated heterocycles. The first-order chi connectivity index (χ1) is 16.8. The van der Waals surface area contributed by atoms with Crippen LogP contribution in [-0.2, 0) is 22.5 Å². The van der Waals surface area contributed by atoms with Crippen LogP contribution < -0.4 is 10.1 Å². The Morgan fingerprint density at radius 1 is 1.14 bits per heavy atom. The maximum atomic E-state index is 13.0. The molecular weight excluding hydrogens is 464 g/mol. The molecule has 0 fully saturated rings. The van der Waals surface area contributed by atoms with E-state index in [9.17, 15) is 14.7 Å². The first-order valence-corrected chi connectivity index (χ1v) is 12.5. The quantitative estimate of drug-likeness (QED) is 0.355. The number of aliphatic carboxylic acids is 1. The number of amides is 1. The van der Waals surface area contributed by atoms with E-state index in [1.165, 1.54) is 11.3 Å². The number of carboxylic acids is 1. The fourth-order valence-electron chi connectivity index (χ4n) is 3.56. The Morgan fingerprint density at radius 2 is 1.89 bits per heavy atom. The lowest BCUT2D eigenvalue weighted by molar-refractivity contribution is -0.153. The highest BCUT2D eigenvalue weighted by atomic mass is 32.1. The summed E-state index contributed by atoms with van der Waals surface area (Å²) in [6.45, 7) is 8.29. The topological polar surface area (TPSA) is 97.8 Å². The Morgan fingerprint density at radius 3 is 2.54 bits per heavy atom. The van der Waals surface area contributed by atoms with Crippen LogP contribution in [0.25, 0.3) is 10.6 Å². The van der Waals surface area contributed by atoms with Crippen molar-refractivity contribution in [1.82, 2.24) is 10.3 Å². The van der Waals surface area contributed by atoms with Crippen LogP contribution in [0.3, 0.4) is 0 Å². The van der Waals surface area contributed by atoms with Gasteiger partial charge in [-0.1, -0.05) is 49.4 Å². The van der Waals surface area contributed by atoms with Gasteiger partial charge in [-0.05, 0) is 38.8 Å². The first kappa shape index (κ1) is 26.4. The highest BCUT2D eigenvalue weighted by Crippen LogP contribution is 2.28. The van der Waals surface area contributed by atoms with Gasteiger partial charge in [0.2, 0.25) is 0 Å². The molecule has 3 rings (SSSR count). The fourth-order valence-corrected chi connectivity index (χ4v) is 4.47. The SMILES string of the molecule is CCCOc1ccc(CC(OC(C)C)C(=O)O)cc1CNC(=O)c1nc(-c2ccccc2)sc1C. The van der Waals surface area contributed by atoms with Crippen LogP contribution >= 0.6 is 11.3 Å². The summed E-state index contributed by atoms with van der Waals surface area (Å²) < 4.78 is 11.4. The molecule has 2 N–H and O–H groups in total. The van der Waals surface area contributed by atoms with Crippen molar-refractivity contribution in [1.29, 1.82) is 0 Å². The molecule has 1 amide bonds. The van der Waals surface area contributed by atoms with Gasteiger partial charge >= 0.3 is 5.97 Å². The van der Waals surface area contributed by atoms with Crippen LogP contribution in [0.1, 0.15) is 53.7 Å². The normalized spacial score (nSPS) is 11.9. The molecule has 0 bridgehead atoms. The molecule has 1 unspecified atom stereocenters. The Bertz CT molecular complexity index is 1140. The standard InChI is InChI=1S/C27H32N2O5S/c1-5-13-33-22-12-11-19(15-23(27(31)32)34-17(2)3)14-21(22)16-28-25(30)24-18(4)35-26(29-24)20-9-7-6-8-10-20/h6-12,14,17,23H,5,13,15-16H2,1-4H3,(H,28,30)(H,31,32). The fraction of sp³-hybridized carbons (Fsp3) is 0.370. The second kappa shape index (κ2) is 12.5. The molecule has 1 atom stereocenters. The molecule has 0 radical (unpaired) electrons. The predicted octanol–water partition coefficient (Wildman–Crippen LogP) is 5.26. The van der Waals surface area contributed by atoms with Crippen LogP contribution in [0.5, 0.6) is 5.75 Å². The van der Waals surface area contributed by atoms with E-state index in [0.29, 0.717) is 18.1 Å². The van der Waals surface area contributed by atoms with Crippen LogP contribution in [0.15, 0.2) is 48.5 Å². The monoisotopic (exact) mass is 496 g/mol. The molecule has 35 heavy (non-hydrogen) atoms. The maximum Gasteiger partial charge on any atom is 0.333 e. The minimum absolute atomic E-state index is 0.204. The number of carboxylic acid groups (broad SMARTS) is 1. The van der Waals surface area contributed by atoms with Crippen LogP contribution in [0.4, 0.5) is 0 Å². The maximum absolute atomic E-state index is 13.0. The second-order valence-corrected chi connectivity index (χ2v) is 9.68. The Kier molecular flexibility index (Phi) is 9.39. The van der Waals surface area contributed by atoms with E-state index >= 15 is 0 Å². The molecule has 1 heterocycles. The van der Waals surface area contributed by atoms with Gasteiger partial charge in [-0.3, -0.25) is 4.79 Å². The summed E-state index contributed by atoms with van der Waals surface area (Å²) in [5.41, 5.74) is 2.94. The van der Waals surface area contributed by atoms with Crippen molar-refractivity contribution in [2.75, 3.05) is 6.61 Å². The van der Waals surface area contributed by atoms with Crippen molar-refractivity contribution in [2.45, 2.75) is 59.3 Å². The average molecular weight is 497 g/mol. The zero-order valence-electron chi connectivity index (χ0n) is 20.5. The van der Waals surface area contributed by atoms with Gasteiger partial charge in [-0.2, -0.15) is 0 Å². The smallest absolute Gasteiger partial charge is 0.333 e. The van der Waals surface area contributed by atoms with Gasteiger partial charge in [-0.15, -0.1) is 11.3 Å². The van der Waals surface area contributed by atoms with Gasteiger partial charge in [0.25, 0.3) is 5.91 Å². The first-order valence-electron chi connectivity index (χ1n) is 11.7. The number of ether oxygens (including phenoxy) is 2. The van der Waals surface area contributed by atoms with Crippen molar-refractivity contribution < 1.29 is 24.2 Å². The number of rotatable bonds is 12. The molecule has 7 nitrogen and oxygen atoms in total. The van der Waals surface area contributed by atoms with E-state index in [4.69, 9.17) is 9.47 Å². The van der Waals surface area contributed by atoms with Gasteiger partial charge in [0.05, 0.1) is 12.7 Å². The van der Waals surface area contributed by atoms with Gasteiger partial charge < -0.3 is 19.9 Å². The molecule has 2 aromatic carbocycles. The predicted molar refractivity (Wildman–Crippen MR) is 137 cm³/mol. The van der Waals surface area contributed by atoms with E-state index in [2.05, 4.69) is 10.3 Å². The third kappa shape index (κ3) is 7.37. The zero-order chi connectivity index (χ0) is 25.4. The molecule has 8 heteroatoms. The molecule has 186 valence electrons. The number of aryl methyl sites for hydroxylation is 1. The third-order valence-corrected chi connectivity index (χ3v) is 6.21. The molecule has 0 saturated carbocycles. The Hall–Kier alpha value is -3.23. The summed E-state index contributed by atoms with van der Waals surface area (Å²) >= 11 is 1.48. The van der Waals surface area contributed by atoms with Gasteiger partial charge in [0.1, 0.15) is 16.5 Å². The lowest BCUT2D eigenvalue weighted by Crippen LogP contribution is -2.29. The van der Waals surface area contributed by atoms with Crippen molar-refractivity contribution in [2.24, 2.45) is 0 Å². The number of hydrogen-bond donors (Lipinski definition) is 2. The highest BCUT2D eigenvalue weighted by molar-refractivity contribution is 7.15. The van der Waals surface area contributed by atoms with E-state index in [-0.39, 0.29) is 25.0 Å². The molecule has 1 aromatic heterocycles. The summed E-state index contributed by atoms with van der Waals surface area (Å²) in [5, 5.41) is 13.3.